The molecule has 3 atom stereocenters. The molecule has 28 heavy (non-hydrogen) atoms. The molecule has 4 fully saturated rings. The van der Waals surface area contributed by atoms with Crippen molar-refractivity contribution in [2.24, 2.45) is 0 Å². The summed E-state index contributed by atoms with van der Waals surface area (Å²) < 4.78 is 30.1. The van der Waals surface area contributed by atoms with Gasteiger partial charge in [-0.3, -0.25) is 4.79 Å². The highest BCUT2D eigenvalue weighted by atomic mass is 16.8. The van der Waals surface area contributed by atoms with Crippen molar-refractivity contribution in [3.05, 3.63) is 0 Å². The lowest BCUT2D eigenvalue weighted by Gasteiger charge is -2.34. The molecule has 0 aromatic carbocycles. The van der Waals surface area contributed by atoms with E-state index in [9.17, 15) is 9.90 Å². The molecule has 2 saturated carbocycles. The van der Waals surface area contributed by atoms with Gasteiger partial charge in [0, 0.05) is 32.6 Å². The van der Waals surface area contributed by atoms with Crippen molar-refractivity contribution >= 4 is 5.97 Å². The highest BCUT2D eigenvalue weighted by Gasteiger charge is 2.64. The molecule has 2 saturated heterocycles. The largest absolute Gasteiger partial charge is 0.463 e. The number of hydrogen-bond donors (Lipinski definition) is 1. The van der Waals surface area contributed by atoms with Crippen LogP contribution in [0.1, 0.15) is 77.6 Å². The predicted octanol–water partition coefficient (Wildman–Crippen LogP) is 2.82. The van der Waals surface area contributed by atoms with E-state index in [1.807, 2.05) is 0 Å². The van der Waals surface area contributed by atoms with Gasteiger partial charge in [0.2, 0.25) is 0 Å². The smallest absolute Gasteiger partial charge is 0.302 e. The molecule has 2 aliphatic heterocycles. The molecule has 4 rings (SSSR count). The van der Waals surface area contributed by atoms with Crippen LogP contribution in [-0.2, 0) is 28.5 Å². The van der Waals surface area contributed by atoms with Crippen LogP contribution in [0.2, 0.25) is 0 Å². The second kappa shape index (κ2) is 8.19. The number of aliphatic hydroxyl groups is 1. The molecule has 2 heterocycles. The monoisotopic (exact) mass is 398 g/mol. The standard InChI is InChI=1S/C21H34O7/c1-16(22)24-14-19-15-25-17(8-13-26-20(23)9-4-2-5-10-20)18(19)27-21(28-19)11-6-3-7-12-21/h17-18,23H,2-15H2,1H3/t17?,18-,19+/m1/s1. The zero-order valence-electron chi connectivity index (χ0n) is 17.0. The maximum Gasteiger partial charge on any atom is 0.302 e. The fourth-order valence-electron chi connectivity index (χ4n) is 5.19. The van der Waals surface area contributed by atoms with Crippen molar-refractivity contribution < 1.29 is 33.6 Å². The molecular formula is C21H34O7. The first-order chi connectivity index (χ1) is 13.4. The number of hydrogen-bond acceptors (Lipinski definition) is 7. The minimum atomic E-state index is -0.997. The third-order valence-corrected chi connectivity index (χ3v) is 6.67. The summed E-state index contributed by atoms with van der Waals surface area (Å²) in [6.45, 7) is 2.32. The molecular weight excluding hydrogens is 364 g/mol. The average Bonchev–Trinajstić information content (AvgIpc) is 3.14. The quantitative estimate of drug-likeness (QED) is 0.544. The van der Waals surface area contributed by atoms with Gasteiger partial charge in [0.05, 0.1) is 19.3 Å². The van der Waals surface area contributed by atoms with Crippen LogP contribution >= 0.6 is 0 Å². The second-order valence-corrected chi connectivity index (χ2v) is 8.95. The molecule has 4 aliphatic rings. The van der Waals surface area contributed by atoms with Crippen molar-refractivity contribution in [2.75, 3.05) is 19.8 Å². The number of rotatable bonds is 6. The molecule has 2 aliphatic carbocycles. The molecule has 160 valence electrons. The van der Waals surface area contributed by atoms with Crippen LogP contribution in [0.25, 0.3) is 0 Å². The van der Waals surface area contributed by atoms with Crippen LogP contribution in [0, 0.1) is 0 Å². The number of fused-ring (bicyclic) bond motifs is 1. The Morgan fingerprint density at radius 1 is 1.07 bits per heavy atom. The second-order valence-electron chi connectivity index (χ2n) is 8.95. The number of esters is 1. The van der Waals surface area contributed by atoms with Gasteiger partial charge in [-0.15, -0.1) is 0 Å². The Morgan fingerprint density at radius 3 is 2.43 bits per heavy atom. The maximum absolute atomic E-state index is 11.4. The fourth-order valence-corrected chi connectivity index (χ4v) is 5.19. The van der Waals surface area contributed by atoms with Crippen molar-refractivity contribution in [3.63, 3.8) is 0 Å². The molecule has 0 amide bonds. The van der Waals surface area contributed by atoms with Crippen LogP contribution in [0.5, 0.6) is 0 Å². The van der Waals surface area contributed by atoms with Gasteiger partial charge in [-0.1, -0.05) is 12.8 Å². The molecule has 0 bridgehead atoms. The Hall–Kier alpha value is -0.730. The third-order valence-electron chi connectivity index (χ3n) is 6.67. The summed E-state index contributed by atoms with van der Waals surface area (Å²) in [4.78, 5) is 11.4. The van der Waals surface area contributed by atoms with E-state index in [-0.39, 0.29) is 24.8 Å². The zero-order valence-corrected chi connectivity index (χ0v) is 17.0. The van der Waals surface area contributed by atoms with E-state index in [1.165, 1.54) is 13.3 Å². The zero-order chi connectivity index (χ0) is 19.7. The van der Waals surface area contributed by atoms with Gasteiger partial charge in [-0.25, -0.2) is 0 Å². The summed E-state index contributed by atoms with van der Waals surface area (Å²) in [6, 6.07) is 0. The van der Waals surface area contributed by atoms with E-state index in [4.69, 9.17) is 23.7 Å². The van der Waals surface area contributed by atoms with Gasteiger partial charge >= 0.3 is 5.97 Å². The van der Waals surface area contributed by atoms with E-state index in [0.29, 0.717) is 32.5 Å². The van der Waals surface area contributed by atoms with Crippen molar-refractivity contribution in [1.82, 2.24) is 0 Å². The summed E-state index contributed by atoms with van der Waals surface area (Å²) in [5.41, 5.74) is -0.741. The van der Waals surface area contributed by atoms with Gasteiger partial charge in [0.25, 0.3) is 0 Å². The summed E-state index contributed by atoms with van der Waals surface area (Å²) in [5.74, 6) is -1.90. The minimum absolute atomic E-state index is 0.149. The molecule has 7 nitrogen and oxygen atoms in total. The van der Waals surface area contributed by atoms with Crippen LogP contribution in [0.15, 0.2) is 0 Å². The van der Waals surface area contributed by atoms with Gasteiger partial charge in [-0.05, 0) is 32.1 Å². The molecule has 0 aromatic rings. The van der Waals surface area contributed by atoms with Crippen molar-refractivity contribution in [2.45, 2.75) is 107 Å². The lowest BCUT2D eigenvalue weighted by Crippen LogP contribution is -2.47. The van der Waals surface area contributed by atoms with Gasteiger partial charge in [-0.2, -0.15) is 0 Å². The van der Waals surface area contributed by atoms with E-state index < -0.39 is 17.2 Å². The Labute approximate surface area is 167 Å². The van der Waals surface area contributed by atoms with E-state index in [2.05, 4.69) is 0 Å². The Bertz CT molecular complexity index is 553. The van der Waals surface area contributed by atoms with Crippen molar-refractivity contribution in [1.29, 1.82) is 0 Å². The first kappa shape index (κ1) is 20.5. The Morgan fingerprint density at radius 2 is 1.75 bits per heavy atom. The molecule has 7 heteroatoms. The van der Waals surface area contributed by atoms with E-state index in [0.717, 1.165) is 44.9 Å². The van der Waals surface area contributed by atoms with Crippen LogP contribution in [0.4, 0.5) is 0 Å². The predicted molar refractivity (Wildman–Crippen MR) is 99.5 cm³/mol. The number of carbonyl (C=O) groups is 1. The maximum atomic E-state index is 11.4. The van der Waals surface area contributed by atoms with E-state index in [1.54, 1.807) is 0 Å². The minimum Gasteiger partial charge on any atom is -0.463 e. The van der Waals surface area contributed by atoms with Gasteiger partial charge < -0.3 is 28.8 Å². The van der Waals surface area contributed by atoms with Crippen LogP contribution in [0.3, 0.4) is 0 Å². The first-order valence-corrected chi connectivity index (χ1v) is 10.9. The molecule has 1 spiro atoms. The topological polar surface area (TPSA) is 83.5 Å². The van der Waals surface area contributed by atoms with Gasteiger partial charge in [0.15, 0.2) is 17.2 Å². The molecule has 0 radical (unpaired) electrons. The Kier molecular flexibility index (Phi) is 6.00. The molecule has 1 unspecified atom stereocenters. The fraction of sp³-hybridized carbons (Fsp3) is 0.952. The SMILES string of the molecule is CC(=O)OC[C@]12COC(CCOC3(O)CCCCC3)[C@H]1OC1(CCCCC1)O2. The normalized spacial score (nSPS) is 36.4. The average molecular weight is 398 g/mol. The van der Waals surface area contributed by atoms with Crippen LogP contribution in [-0.4, -0.2) is 60.3 Å². The lowest BCUT2D eigenvalue weighted by atomic mass is 9.94. The summed E-state index contributed by atoms with van der Waals surface area (Å²) in [6.07, 6.45) is 9.80. The molecule has 1 N–H and O–H groups in total. The highest BCUT2D eigenvalue weighted by Crippen LogP contribution is 2.50. The van der Waals surface area contributed by atoms with Crippen molar-refractivity contribution in [3.8, 4) is 0 Å². The summed E-state index contributed by atoms with van der Waals surface area (Å²) in [5, 5.41) is 10.6. The number of ether oxygens (including phenoxy) is 5. The van der Waals surface area contributed by atoms with Crippen LogP contribution < -0.4 is 0 Å². The van der Waals surface area contributed by atoms with Gasteiger partial charge in [0.1, 0.15) is 12.7 Å². The third kappa shape index (κ3) is 4.24. The summed E-state index contributed by atoms with van der Waals surface area (Å²) >= 11 is 0. The lowest BCUT2D eigenvalue weighted by molar-refractivity contribution is -0.239. The number of carbonyl (C=O) groups excluding carboxylic acids is 1. The first-order valence-electron chi connectivity index (χ1n) is 10.9. The van der Waals surface area contributed by atoms with E-state index >= 15 is 0 Å². The Balaban J connectivity index is 1.39. The highest BCUT2D eigenvalue weighted by molar-refractivity contribution is 5.66. The summed E-state index contributed by atoms with van der Waals surface area (Å²) in [7, 11) is 0. The molecule has 0 aromatic heterocycles.